The lowest BCUT2D eigenvalue weighted by molar-refractivity contribution is 0.352. The molecule has 1 atom stereocenters. The third-order valence-corrected chi connectivity index (χ3v) is 3.72. The minimum atomic E-state index is 0.274. The van der Waals surface area contributed by atoms with Crippen molar-refractivity contribution in [3.8, 4) is 0 Å². The molecular weight excluding hydrogens is 274 g/mol. The highest BCUT2D eigenvalue weighted by Crippen LogP contribution is 2.23. The first kappa shape index (κ1) is 14.7. The molecule has 0 spiro atoms. The zero-order chi connectivity index (χ0) is 12.9. The fourth-order valence-corrected chi connectivity index (χ4v) is 2.39. The monoisotopic (exact) mass is 297 g/mol. The molecule has 1 nitrogen and oxygen atoms in total. The Morgan fingerprint density at radius 3 is 2.47 bits per heavy atom. The molecule has 2 N–H and O–H groups in total. The largest absolute Gasteiger partial charge is 0.327 e. The summed E-state index contributed by atoms with van der Waals surface area (Å²) in [7, 11) is 0. The lowest BCUT2D eigenvalue weighted by atomic mass is 9.88. The maximum Gasteiger partial charge on any atom is 0.0207 e. The zero-order valence-electron chi connectivity index (χ0n) is 11.2. The summed E-state index contributed by atoms with van der Waals surface area (Å²) in [5.74, 6) is 0. The Labute approximate surface area is 114 Å². The molecule has 0 fully saturated rings. The topological polar surface area (TPSA) is 26.0 Å². The molecule has 0 heterocycles. The lowest BCUT2D eigenvalue weighted by Gasteiger charge is -2.19. The normalized spacial score (nSPS) is 13.7. The van der Waals surface area contributed by atoms with Crippen molar-refractivity contribution in [1.29, 1.82) is 0 Å². The van der Waals surface area contributed by atoms with E-state index >= 15 is 0 Å². The van der Waals surface area contributed by atoms with Crippen LogP contribution in [0.3, 0.4) is 0 Å². The van der Waals surface area contributed by atoms with Crippen LogP contribution in [0.4, 0.5) is 0 Å². The van der Waals surface area contributed by atoms with Crippen molar-refractivity contribution in [2.75, 3.05) is 0 Å². The van der Waals surface area contributed by atoms with Gasteiger partial charge in [0.2, 0.25) is 0 Å². The van der Waals surface area contributed by atoms with Crippen molar-refractivity contribution in [1.82, 2.24) is 0 Å². The molecule has 0 saturated carbocycles. The fraction of sp³-hybridized carbons (Fsp3) is 0.600. The van der Waals surface area contributed by atoms with Crippen molar-refractivity contribution >= 4 is 15.9 Å². The summed E-state index contributed by atoms with van der Waals surface area (Å²) >= 11 is 3.57. The summed E-state index contributed by atoms with van der Waals surface area (Å²) in [5, 5.41) is 0. The van der Waals surface area contributed by atoms with E-state index in [0.717, 1.165) is 12.8 Å². The van der Waals surface area contributed by atoms with Gasteiger partial charge < -0.3 is 5.73 Å². The van der Waals surface area contributed by atoms with E-state index in [1.54, 1.807) is 0 Å². The maximum absolute atomic E-state index is 6.18. The average Bonchev–Trinajstić information content (AvgIpc) is 2.19. The average molecular weight is 298 g/mol. The minimum absolute atomic E-state index is 0.274. The van der Waals surface area contributed by atoms with Gasteiger partial charge in [0.25, 0.3) is 0 Å². The summed E-state index contributed by atoms with van der Waals surface area (Å²) < 4.78 is 1.17. The van der Waals surface area contributed by atoms with Gasteiger partial charge in [-0.05, 0) is 36.3 Å². The Morgan fingerprint density at radius 2 is 1.88 bits per heavy atom. The predicted molar refractivity (Wildman–Crippen MR) is 79.1 cm³/mol. The van der Waals surface area contributed by atoms with Crippen molar-refractivity contribution in [3.63, 3.8) is 0 Å². The molecule has 0 aliphatic rings. The van der Waals surface area contributed by atoms with Gasteiger partial charge in [0.15, 0.2) is 0 Å². The van der Waals surface area contributed by atoms with Crippen LogP contribution in [0.2, 0.25) is 0 Å². The van der Waals surface area contributed by atoms with Crippen LogP contribution >= 0.6 is 15.9 Å². The number of halogens is 1. The smallest absolute Gasteiger partial charge is 0.0207 e. The first-order chi connectivity index (χ1) is 7.88. The second-order valence-corrected chi connectivity index (χ2v) is 6.86. The molecule has 0 radical (unpaired) electrons. The molecule has 1 unspecified atom stereocenters. The van der Waals surface area contributed by atoms with Crippen LogP contribution < -0.4 is 5.73 Å². The second-order valence-electron chi connectivity index (χ2n) is 6.01. The third kappa shape index (κ3) is 6.23. The minimum Gasteiger partial charge on any atom is -0.327 e. The van der Waals surface area contributed by atoms with E-state index in [-0.39, 0.29) is 6.04 Å². The summed E-state index contributed by atoms with van der Waals surface area (Å²) in [6, 6.07) is 8.61. The Bertz CT molecular complexity index is 341. The summed E-state index contributed by atoms with van der Waals surface area (Å²) in [5.41, 5.74) is 7.92. The van der Waals surface area contributed by atoms with Gasteiger partial charge in [-0.1, -0.05) is 61.3 Å². The highest BCUT2D eigenvalue weighted by Gasteiger charge is 2.12. The molecule has 0 aromatic heterocycles. The Kier molecular flexibility index (Phi) is 5.68. The van der Waals surface area contributed by atoms with Gasteiger partial charge >= 0.3 is 0 Å². The van der Waals surface area contributed by atoms with Gasteiger partial charge in [0.1, 0.15) is 0 Å². The van der Waals surface area contributed by atoms with E-state index < -0.39 is 0 Å². The molecule has 0 amide bonds. The van der Waals surface area contributed by atoms with Crippen LogP contribution in [0.25, 0.3) is 0 Å². The molecule has 17 heavy (non-hydrogen) atoms. The predicted octanol–water partition coefficient (Wildman–Crippen LogP) is 4.54. The van der Waals surface area contributed by atoms with Gasteiger partial charge in [0.05, 0.1) is 0 Å². The number of hydrogen-bond donors (Lipinski definition) is 1. The van der Waals surface area contributed by atoms with Crippen LogP contribution in [0.15, 0.2) is 28.7 Å². The van der Waals surface area contributed by atoms with Crippen LogP contribution in [-0.2, 0) is 6.42 Å². The zero-order valence-corrected chi connectivity index (χ0v) is 12.8. The SMILES string of the molecule is CC(C)(C)CCCC(N)Cc1ccccc1Br. The molecule has 1 rings (SSSR count). The quantitative estimate of drug-likeness (QED) is 0.849. The fourth-order valence-electron chi connectivity index (χ4n) is 1.94. The second kappa shape index (κ2) is 6.55. The van der Waals surface area contributed by atoms with Gasteiger partial charge in [-0.25, -0.2) is 0 Å². The van der Waals surface area contributed by atoms with Gasteiger partial charge in [-0.3, -0.25) is 0 Å². The van der Waals surface area contributed by atoms with Crippen LogP contribution in [0.1, 0.15) is 45.6 Å². The molecule has 0 aliphatic heterocycles. The Hall–Kier alpha value is -0.340. The highest BCUT2D eigenvalue weighted by atomic mass is 79.9. The van der Waals surface area contributed by atoms with Crippen molar-refractivity contribution in [3.05, 3.63) is 34.3 Å². The first-order valence-electron chi connectivity index (χ1n) is 6.37. The van der Waals surface area contributed by atoms with E-state index in [1.807, 2.05) is 6.07 Å². The maximum atomic E-state index is 6.18. The van der Waals surface area contributed by atoms with E-state index in [2.05, 4.69) is 54.9 Å². The number of benzene rings is 1. The first-order valence-corrected chi connectivity index (χ1v) is 7.17. The van der Waals surface area contributed by atoms with Crippen molar-refractivity contribution in [2.45, 2.75) is 52.5 Å². The van der Waals surface area contributed by atoms with Crippen molar-refractivity contribution in [2.24, 2.45) is 11.1 Å². The summed E-state index contributed by atoms with van der Waals surface area (Å²) in [4.78, 5) is 0. The summed E-state index contributed by atoms with van der Waals surface area (Å²) in [6.07, 6.45) is 4.54. The third-order valence-electron chi connectivity index (χ3n) is 2.94. The van der Waals surface area contributed by atoms with Crippen molar-refractivity contribution < 1.29 is 0 Å². The molecule has 96 valence electrons. The highest BCUT2D eigenvalue weighted by molar-refractivity contribution is 9.10. The number of hydrogen-bond acceptors (Lipinski definition) is 1. The van der Waals surface area contributed by atoms with Crippen LogP contribution in [0.5, 0.6) is 0 Å². The Morgan fingerprint density at radius 1 is 1.24 bits per heavy atom. The molecule has 0 aliphatic carbocycles. The van der Waals surface area contributed by atoms with E-state index in [1.165, 1.54) is 22.9 Å². The van der Waals surface area contributed by atoms with Gasteiger partial charge in [0, 0.05) is 10.5 Å². The van der Waals surface area contributed by atoms with Gasteiger partial charge in [-0.15, -0.1) is 0 Å². The van der Waals surface area contributed by atoms with E-state index in [0.29, 0.717) is 5.41 Å². The molecule has 1 aromatic carbocycles. The molecule has 1 aromatic rings. The number of nitrogens with two attached hydrogens (primary N) is 1. The molecule has 2 heteroatoms. The summed E-state index contributed by atoms with van der Waals surface area (Å²) in [6.45, 7) is 6.85. The van der Waals surface area contributed by atoms with Gasteiger partial charge in [-0.2, -0.15) is 0 Å². The van der Waals surface area contributed by atoms with Crippen LogP contribution in [-0.4, -0.2) is 6.04 Å². The lowest BCUT2D eigenvalue weighted by Crippen LogP contribution is -2.23. The molecule has 0 saturated heterocycles. The van der Waals surface area contributed by atoms with E-state index in [9.17, 15) is 0 Å². The molecular formula is C15H24BrN. The van der Waals surface area contributed by atoms with Crippen LogP contribution in [0, 0.1) is 5.41 Å². The van der Waals surface area contributed by atoms with E-state index in [4.69, 9.17) is 5.73 Å². The standard InChI is InChI=1S/C15H24BrN/c1-15(2,3)10-6-8-13(17)11-12-7-4-5-9-14(12)16/h4-5,7,9,13H,6,8,10-11,17H2,1-3H3. The Balaban J connectivity index is 2.35. The number of rotatable bonds is 5. The molecule has 0 bridgehead atoms.